The number of rotatable bonds is 13. The number of esters is 3. The molecule has 0 amide bonds. The molecule has 0 aromatic heterocycles. The van der Waals surface area contributed by atoms with Gasteiger partial charge in [0.15, 0.2) is 0 Å². The Morgan fingerprint density at radius 3 is 1.33 bits per heavy atom. The first-order chi connectivity index (χ1) is 22.9. The number of hydrogen-bond acceptors (Lipinski definition) is 10. The molecule has 278 valence electrons. The first kappa shape index (κ1) is 56.3. The van der Waals surface area contributed by atoms with E-state index in [2.05, 4.69) is 55.9 Å². The van der Waals surface area contributed by atoms with Gasteiger partial charge in [0, 0.05) is 29.4 Å². The highest BCUT2D eigenvalue weighted by Gasteiger charge is 2.00. The maximum absolute atomic E-state index is 10.7. The zero-order valence-electron chi connectivity index (χ0n) is 30.0. The lowest BCUT2D eigenvalue weighted by atomic mass is 10.2. The van der Waals surface area contributed by atoms with E-state index in [0.29, 0.717) is 24.4 Å². The van der Waals surface area contributed by atoms with Gasteiger partial charge in [0.25, 0.3) is 0 Å². The van der Waals surface area contributed by atoms with Crippen molar-refractivity contribution in [2.45, 2.75) is 66.4 Å². The summed E-state index contributed by atoms with van der Waals surface area (Å²) in [5.41, 5.74) is 2.08. The number of unbranched alkanes of at least 4 members (excludes halogenated alkanes) is 2. The van der Waals surface area contributed by atoms with E-state index in [-0.39, 0.29) is 24.5 Å². The summed E-state index contributed by atoms with van der Waals surface area (Å²) in [4.78, 5) is 49.7. The molecule has 4 N–H and O–H groups in total. The number of methoxy groups -OCH3 is 1. The fourth-order valence-electron chi connectivity index (χ4n) is 1.57. The summed E-state index contributed by atoms with van der Waals surface area (Å²) in [6, 6.07) is 10.0. The molecule has 0 aliphatic rings. The van der Waals surface area contributed by atoms with Crippen molar-refractivity contribution in [3.05, 3.63) is 105 Å². The van der Waals surface area contributed by atoms with E-state index in [4.69, 9.17) is 25.2 Å². The summed E-state index contributed by atoms with van der Waals surface area (Å²) in [6.45, 7) is 29.4. The third-order valence-corrected chi connectivity index (χ3v) is 4.17. The van der Waals surface area contributed by atoms with Crippen LogP contribution in [0.5, 0.6) is 0 Å². The van der Waals surface area contributed by atoms with Crippen molar-refractivity contribution in [1.82, 2.24) is 0 Å². The highest BCUT2D eigenvalue weighted by atomic mass is 16.5. The number of benzene rings is 1. The van der Waals surface area contributed by atoms with Crippen LogP contribution in [0.2, 0.25) is 0 Å². The summed E-state index contributed by atoms with van der Waals surface area (Å²) >= 11 is 0. The number of aliphatic hydroxyl groups excluding tert-OH is 2. The first-order valence-corrected chi connectivity index (χ1v) is 14.9. The molecule has 0 saturated heterocycles. The quantitative estimate of drug-likeness (QED) is 0.0774. The van der Waals surface area contributed by atoms with E-state index in [1.165, 1.54) is 25.7 Å². The fraction of sp³-hybridized carbons (Fsp3) is 0.378. The minimum absolute atomic E-state index is 0.139. The SMILES string of the molecule is C=C(C)C(=O)OC.C=C(C)C(=O)OCCCC.C=CC(=O)O.C=CC(=O)O.C=CC(=O)OCCCC.C=Cc1ccccc1.CC(O)CO. The predicted molar refractivity (Wildman–Crippen MR) is 195 cm³/mol. The van der Waals surface area contributed by atoms with Crippen LogP contribution in [0.15, 0.2) is 99.2 Å². The Balaban J connectivity index is -0.000000112. The first-order valence-electron chi connectivity index (χ1n) is 14.9. The molecule has 1 aromatic carbocycles. The molecule has 0 spiro atoms. The van der Waals surface area contributed by atoms with Crippen molar-refractivity contribution in [2.24, 2.45) is 0 Å². The van der Waals surface area contributed by atoms with E-state index in [9.17, 15) is 24.0 Å². The van der Waals surface area contributed by atoms with Gasteiger partial charge < -0.3 is 34.6 Å². The Kier molecular flexibility index (Phi) is 51.7. The molecule has 12 nitrogen and oxygen atoms in total. The summed E-state index contributed by atoms with van der Waals surface area (Å²) < 4.78 is 13.8. The van der Waals surface area contributed by atoms with Gasteiger partial charge in [0.2, 0.25) is 0 Å². The number of carboxylic acids is 2. The second kappa shape index (κ2) is 45.1. The van der Waals surface area contributed by atoms with E-state index >= 15 is 0 Å². The van der Waals surface area contributed by atoms with Gasteiger partial charge in [-0.05, 0) is 39.2 Å². The molecule has 0 aliphatic heterocycles. The summed E-state index contributed by atoms with van der Waals surface area (Å²) in [7, 11) is 1.33. The second-order valence-corrected chi connectivity index (χ2v) is 9.00. The van der Waals surface area contributed by atoms with Crippen LogP contribution in [0.1, 0.15) is 65.9 Å². The summed E-state index contributed by atoms with van der Waals surface area (Å²) in [5.74, 6) is -2.92. The third kappa shape index (κ3) is 66.3. The molecule has 1 unspecified atom stereocenters. The average Bonchev–Trinajstić information content (AvgIpc) is 3.09. The van der Waals surface area contributed by atoms with Crippen molar-refractivity contribution in [3.63, 3.8) is 0 Å². The summed E-state index contributed by atoms with van der Waals surface area (Å²) in [6.07, 6.45) is 8.07. The minimum Gasteiger partial charge on any atom is -0.478 e. The third-order valence-electron chi connectivity index (χ3n) is 4.17. The Hall–Kier alpha value is -5.07. The maximum Gasteiger partial charge on any atom is 0.333 e. The maximum atomic E-state index is 10.7. The number of ether oxygens (including phenoxy) is 3. The number of aliphatic carboxylic acids is 2. The molecule has 49 heavy (non-hydrogen) atoms. The standard InChI is InChI=1S/C8H14O2.C8H8.C7H12O2.C5H8O2.C3H8O2.2C3H4O2/c1-4-5-6-10-8(9)7(2)3;1-2-8-6-4-3-5-7-8;1-3-5-6-9-7(8)4-2;1-4(2)5(6)7-3;1-3(5)2-4;2*1-2-3(4)5/h2,4-6H2,1,3H3;2-7H,1H2;4H,2-3,5-6H2,1H3;1H2,2-3H3;3-5H,2H2,1H3;2*2H,1H2,(H,4,5). The van der Waals surface area contributed by atoms with Crippen molar-refractivity contribution in [2.75, 3.05) is 26.9 Å². The molecule has 12 heteroatoms. The Labute approximate surface area is 292 Å². The lowest BCUT2D eigenvalue weighted by Crippen LogP contribution is -2.05. The number of carbonyl (C=O) groups is 5. The van der Waals surface area contributed by atoms with Crippen LogP contribution in [0.3, 0.4) is 0 Å². The van der Waals surface area contributed by atoms with E-state index < -0.39 is 18.0 Å². The fourth-order valence-corrected chi connectivity index (χ4v) is 1.57. The zero-order chi connectivity index (χ0) is 39.6. The molecular weight excluding hydrogens is 636 g/mol. The Morgan fingerprint density at radius 2 is 1.12 bits per heavy atom. The van der Waals surface area contributed by atoms with E-state index in [1.54, 1.807) is 13.8 Å². The van der Waals surface area contributed by atoms with Crippen molar-refractivity contribution >= 4 is 35.9 Å². The topological polar surface area (TPSA) is 194 Å². The molecule has 1 atom stereocenters. The lowest BCUT2D eigenvalue weighted by molar-refractivity contribution is -0.139. The smallest absolute Gasteiger partial charge is 0.333 e. The van der Waals surface area contributed by atoms with Gasteiger partial charge in [-0.2, -0.15) is 0 Å². The Morgan fingerprint density at radius 1 is 0.755 bits per heavy atom. The lowest BCUT2D eigenvalue weighted by Gasteiger charge is -2.01. The normalized spacial score (nSPS) is 8.73. The zero-order valence-corrected chi connectivity index (χ0v) is 30.0. The van der Waals surface area contributed by atoms with Crippen LogP contribution >= 0.6 is 0 Å². The van der Waals surface area contributed by atoms with Gasteiger partial charge in [-0.25, -0.2) is 24.0 Å². The molecular formula is C37H58O12. The largest absolute Gasteiger partial charge is 0.478 e. The molecule has 0 aliphatic carbocycles. The van der Waals surface area contributed by atoms with Gasteiger partial charge in [0.1, 0.15) is 0 Å². The molecule has 0 heterocycles. The van der Waals surface area contributed by atoms with Gasteiger partial charge in [-0.1, -0.05) is 103 Å². The van der Waals surface area contributed by atoms with Gasteiger partial charge in [0.05, 0.1) is 33.0 Å². The number of aliphatic hydroxyl groups is 2. The van der Waals surface area contributed by atoms with Crippen molar-refractivity contribution in [3.8, 4) is 0 Å². The molecule has 0 radical (unpaired) electrons. The van der Waals surface area contributed by atoms with Crippen LogP contribution in [0.4, 0.5) is 0 Å². The van der Waals surface area contributed by atoms with Crippen LogP contribution in [-0.4, -0.2) is 83.3 Å². The Bertz CT molecular complexity index is 1060. The van der Waals surface area contributed by atoms with Crippen molar-refractivity contribution < 1.29 is 58.6 Å². The van der Waals surface area contributed by atoms with Gasteiger partial charge >= 0.3 is 29.8 Å². The van der Waals surface area contributed by atoms with Crippen LogP contribution in [0, 0.1) is 0 Å². The highest BCUT2D eigenvalue weighted by molar-refractivity contribution is 5.87. The number of hydrogen-bond donors (Lipinski definition) is 4. The number of carbonyl (C=O) groups excluding carboxylic acids is 3. The van der Waals surface area contributed by atoms with E-state index in [1.807, 2.05) is 43.3 Å². The van der Waals surface area contributed by atoms with E-state index in [0.717, 1.165) is 37.8 Å². The van der Waals surface area contributed by atoms with Crippen molar-refractivity contribution in [1.29, 1.82) is 0 Å². The van der Waals surface area contributed by atoms with Crippen LogP contribution in [-0.2, 0) is 38.2 Å². The minimum atomic E-state index is -0.981. The predicted octanol–water partition coefficient (Wildman–Crippen LogP) is 6.36. The molecule has 0 fully saturated rings. The molecule has 1 rings (SSSR count). The van der Waals surface area contributed by atoms with Gasteiger partial charge in [-0.3, -0.25) is 0 Å². The summed E-state index contributed by atoms with van der Waals surface area (Å²) in [5, 5.41) is 31.2. The van der Waals surface area contributed by atoms with Gasteiger partial charge in [-0.15, -0.1) is 0 Å². The number of carboxylic acid groups (broad SMARTS) is 2. The average molecular weight is 695 g/mol. The monoisotopic (exact) mass is 694 g/mol. The van der Waals surface area contributed by atoms with Crippen LogP contribution < -0.4 is 0 Å². The molecule has 1 aromatic rings. The van der Waals surface area contributed by atoms with Crippen LogP contribution in [0.25, 0.3) is 6.08 Å². The molecule has 0 saturated carbocycles. The molecule has 0 bridgehead atoms. The second-order valence-electron chi connectivity index (χ2n) is 9.00. The highest BCUT2D eigenvalue weighted by Crippen LogP contribution is 1.97.